The van der Waals surface area contributed by atoms with Crippen molar-refractivity contribution in [3.05, 3.63) is 23.1 Å². The fraction of sp³-hybridized carbons (Fsp3) is 0.286. The molecule has 13 heavy (non-hydrogen) atoms. The van der Waals surface area contributed by atoms with Gasteiger partial charge in [0.1, 0.15) is 11.5 Å². The molecule has 1 rings (SSSR count). The van der Waals surface area contributed by atoms with Gasteiger partial charge in [0, 0.05) is 10.9 Å². The number of pyridine rings is 1. The highest BCUT2D eigenvalue weighted by Gasteiger charge is 2.17. The van der Waals surface area contributed by atoms with Crippen LogP contribution < -0.4 is 5.73 Å². The topological polar surface area (TPSA) is 38.9 Å². The third-order valence-corrected chi connectivity index (χ3v) is 2.07. The molecule has 72 valence electrons. The van der Waals surface area contributed by atoms with Crippen LogP contribution in [0.1, 0.15) is 17.7 Å². The largest absolute Gasteiger partial charge is 0.383 e. The highest BCUT2D eigenvalue weighted by atomic mass is 79.9. The lowest BCUT2D eigenvalue weighted by atomic mass is 10.2. The first-order chi connectivity index (χ1) is 6.06. The molecule has 1 aromatic rings. The molecular formula is C7H6BrF3N2. The molecule has 0 atom stereocenters. The minimum absolute atomic E-state index is 0.0754. The average molecular weight is 255 g/mol. The molecule has 2 nitrogen and oxygen atoms in total. The molecule has 0 fully saturated rings. The standard InChI is InChI=1S/C7H6BrF3N2/c8-2-3-1-4(9)5(6(10)11)13-7(3)12/h1,6H,2H2,(H2,12,13). The first-order valence-corrected chi connectivity index (χ1v) is 4.47. The summed E-state index contributed by atoms with van der Waals surface area (Å²) in [5.41, 5.74) is 4.76. The van der Waals surface area contributed by atoms with E-state index in [0.717, 1.165) is 6.07 Å². The zero-order valence-corrected chi connectivity index (χ0v) is 7.98. The summed E-state index contributed by atoms with van der Waals surface area (Å²) >= 11 is 3.03. The van der Waals surface area contributed by atoms with Crippen LogP contribution in [0.15, 0.2) is 6.07 Å². The van der Waals surface area contributed by atoms with Gasteiger partial charge in [0.2, 0.25) is 0 Å². The van der Waals surface area contributed by atoms with E-state index in [4.69, 9.17) is 5.73 Å². The van der Waals surface area contributed by atoms with Crippen LogP contribution in [0.3, 0.4) is 0 Å². The Kier molecular flexibility index (Phi) is 3.13. The Balaban J connectivity index is 3.20. The fourth-order valence-corrected chi connectivity index (χ4v) is 1.27. The van der Waals surface area contributed by atoms with Gasteiger partial charge in [0.05, 0.1) is 0 Å². The lowest BCUT2D eigenvalue weighted by Crippen LogP contribution is -2.03. The van der Waals surface area contributed by atoms with Crippen molar-refractivity contribution >= 4 is 21.7 Å². The summed E-state index contributed by atoms with van der Waals surface area (Å²) in [6.07, 6.45) is -2.94. The van der Waals surface area contributed by atoms with Gasteiger partial charge in [-0.1, -0.05) is 15.9 Å². The van der Waals surface area contributed by atoms with Crippen molar-refractivity contribution in [2.75, 3.05) is 5.73 Å². The second kappa shape index (κ2) is 3.95. The Hall–Kier alpha value is -0.780. The molecule has 0 unspecified atom stereocenters. The molecule has 0 aliphatic carbocycles. The SMILES string of the molecule is Nc1nc(C(F)F)c(F)cc1CBr. The monoisotopic (exact) mass is 254 g/mol. The van der Waals surface area contributed by atoms with Crippen molar-refractivity contribution in [2.24, 2.45) is 0 Å². The van der Waals surface area contributed by atoms with E-state index in [1.165, 1.54) is 0 Å². The number of alkyl halides is 3. The number of hydrogen-bond acceptors (Lipinski definition) is 2. The lowest BCUT2D eigenvalue weighted by Gasteiger charge is -2.05. The Morgan fingerprint density at radius 1 is 1.54 bits per heavy atom. The number of aromatic nitrogens is 1. The number of nitrogen functional groups attached to an aromatic ring is 1. The third kappa shape index (κ3) is 2.12. The second-order valence-electron chi connectivity index (χ2n) is 2.33. The van der Waals surface area contributed by atoms with Gasteiger partial charge in [-0.05, 0) is 6.07 Å². The molecule has 0 aliphatic rings. The molecular weight excluding hydrogens is 249 g/mol. The number of anilines is 1. The average Bonchev–Trinajstić information content (AvgIpc) is 2.07. The van der Waals surface area contributed by atoms with E-state index in [9.17, 15) is 13.2 Å². The summed E-state index contributed by atoms with van der Waals surface area (Å²) in [5, 5.41) is 0.284. The van der Waals surface area contributed by atoms with Crippen LogP contribution >= 0.6 is 15.9 Å². The Morgan fingerprint density at radius 3 is 2.62 bits per heavy atom. The quantitative estimate of drug-likeness (QED) is 0.825. The van der Waals surface area contributed by atoms with Crippen LogP contribution in [0.4, 0.5) is 19.0 Å². The number of nitrogens with two attached hydrogens (primary N) is 1. The lowest BCUT2D eigenvalue weighted by molar-refractivity contribution is 0.140. The van der Waals surface area contributed by atoms with E-state index >= 15 is 0 Å². The molecule has 6 heteroatoms. The van der Waals surface area contributed by atoms with Gasteiger partial charge in [0.15, 0.2) is 5.82 Å². The van der Waals surface area contributed by atoms with E-state index in [1.54, 1.807) is 0 Å². The maximum atomic E-state index is 12.8. The molecule has 1 aromatic heterocycles. The summed E-state index contributed by atoms with van der Waals surface area (Å²) in [7, 11) is 0. The maximum absolute atomic E-state index is 12.8. The molecule has 1 heterocycles. The first-order valence-electron chi connectivity index (χ1n) is 3.35. The van der Waals surface area contributed by atoms with Gasteiger partial charge in [-0.3, -0.25) is 0 Å². The molecule has 0 bridgehead atoms. The van der Waals surface area contributed by atoms with Crippen LogP contribution in [0.5, 0.6) is 0 Å². The summed E-state index contributed by atoms with van der Waals surface area (Å²) < 4.78 is 37.0. The van der Waals surface area contributed by atoms with Gasteiger partial charge >= 0.3 is 0 Å². The minimum atomic E-state index is -2.94. The van der Waals surface area contributed by atoms with Gasteiger partial charge in [-0.2, -0.15) is 0 Å². The summed E-state index contributed by atoms with van der Waals surface area (Å²) in [5.74, 6) is -1.10. The smallest absolute Gasteiger partial charge is 0.283 e. The van der Waals surface area contributed by atoms with Gasteiger partial charge in [-0.25, -0.2) is 18.2 Å². The van der Waals surface area contributed by atoms with Crippen LogP contribution in [0, 0.1) is 5.82 Å². The highest BCUT2D eigenvalue weighted by Crippen LogP contribution is 2.24. The molecule has 0 spiro atoms. The molecule has 0 radical (unpaired) electrons. The second-order valence-corrected chi connectivity index (χ2v) is 2.89. The zero-order chi connectivity index (χ0) is 10.0. The van der Waals surface area contributed by atoms with Crippen molar-refractivity contribution in [1.29, 1.82) is 0 Å². The molecule has 0 aromatic carbocycles. The van der Waals surface area contributed by atoms with E-state index in [-0.39, 0.29) is 11.1 Å². The summed E-state index contributed by atoms with van der Waals surface area (Å²) in [4.78, 5) is 3.27. The number of rotatable bonds is 2. The van der Waals surface area contributed by atoms with Gasteiger partial charge < -0.3 is 5.73 Å². The first kappa shape index (κ1) is 10.3. The Bertz CT molecular complexity index is 317. The van der Waals surface area contributed by atoms with E-state index in [1.807, 2.05) is 0 Å². The van der Waals surface area contributed by atoms with Crippen molar-refractivity contribution in [3.63, 3.8) is 0 Å². The van der Waals surface area contributed by atoms with E-state index in [2.05, 4.69) is 20.9 Å². The van der Waals surface area contributed by atoms with Crippen molar-refractivity contribution in [3.8, 4) is 0 Å². The van der Waals surface area contributed by atoms with Crippen LogP contribution in [-0.4, -0.2) is 4.98 Å². The van der Waals surface area contributed by atoms with Crippen molar-refractivity contribution < 1.29 is 13.2 Å². The van der Waals surface area contributed by atoms with Crippen LogP contribution in [0.2, 0.25) is 0 Å². The summed E-state index contributed by atoms with van der Waals surface area (Å²) in [6, 6.07) is 0.957. The predicted molar refractivity (Wildman–Crippen MR) is 46.2 cm³/mol. The van der Waals surface area contributed by atoms with E-state index in [0.29, 0.717) is 5.56 Å². The third-order valence-electron chi connectivity index (χ3n) is 1.47. The fourth-order valence-electron chi connectivity index (χ4n) is 0.816. The molecule has 0 saturated heterocycles. The van der Waals surface area contributed by atoms with Crippen molar-refractivity contribution in [2.45, 2.75) is 11.8 Å². The van der Waals surface area contributed by atoms with Gasteiger partial charge in [-0.15, -0.1) is 0 Å². The Morgan fingerprint density at radius 2 is 2.15 bits per heavy atom. The molecule has 2 N–H and O–H groups in total. The van der Waals surface area contributed by atoms with Crippen LogP contribution in [0.25, 0.3) is 0 Å². The Labute approximate surface area is 81.1 Å². The zero-order valence-electron chi connectivity index (χ0n) is 6.40. The minimum Gasteiger partial charge on any atom is -0.383 e. The number of hydrogen-bond donors (Lipinski definition) is 1. The maximum Gasteiger partial charge on any atom is 0.283 e. The molecule has 0 amide bonds. The normalized spacial score (nSPS) is 10.8. The highest BCUT2D eigenvalue weighted by molar-refractivity contribution is 9.08. The number of halogens is 4. The molecule has 0 aliphatic heterocycles. The molecule has 0 saturated carbocycles. The van der Waals surface area contributed by atoms with E-state index < -0.39 is 17.9 Å². The predicted octanol–water partition coefficient (Wildman–Crippen LogP) is 2.64. The number of nitrogens with zero attached hydrogens (tertiary/aromatic N) is 1. The summed E-state index contributed by atoms with van der Waals surface area (Å²) in [6.45, 7) is 0. The van der Waals surface area contributed by atoms with Gasteiger partial charge in [0.25, 0.3) is 6.43 Å². The van der Waals surface area contributed by atoms with Crippen molar-refractivity contribution in [1.82, 2.24) is 4.98 Å². The van der Waals surface area contributed by atoms with Crippen LogP contribution in [-0.2, 0) is 5.33 Å².